The van der Waals surface area contributed by atoms with Crippen LogP contribution in [0, 0.1) is 0 Å². The molecule has 3 nitrogen and oxygen atoms in total. The summed E-state index contributed by atoms with van der Waals surface area (Å²) in [6, 6.07) is 28.1. The van der Waals surface area contributed by atoms with Crippen LogP contribution >= 0.6 is 0 Å². The summed E-state index contributed by atoms with van der Waals surface area (Å²) in [5.41, 5.74) is 6.24. The Bertz CT molecular complexity index is 770. The van der Waals surface area contributed by atoms with Crippen molar-refractivity contribution in [2.45, 2.75) is 6.42 Å². The molecule has 0 unspecified atom stereocenters. The number of benzene rings is 3. The molecule has 0 saturated carbocycles. The Morgan fingerprint density at radius 2 is 1.58 bits per heavy atom. The van der Waals surface area contributed by atoms with Crippen molar-refractivity contribution in [1.29, 1.82) is 0 Å². The van der Waals surface area contributed by atoms with Gasteiger partial charge in [0.2, 0.25) is 0 Å². The molecule has 0 heterocycles. The van der Waals surface area contributed by atoms with Gasteiger partial charge in [-0.2, -0.15) is 5.10 Å². The standard InChI is InChI=1S/C21H20N2O/c1-3-8-18(9-4-1)14-15-24-21-13-7-10-19(16-21)17-22-23-20-11-5-2-6-12-20/h1-13,16-17,23H,14-15H2. The fourth-order valence-corrected chi connectivity index (χ4v) is 2.31. The van der Waals surface area contributed by atoms with E-state index in [-0.39, 0.29) is 0 Å². The van der Waals surface area contributed by atoms with Crippen molar-refractivity contribution < 1.29 is 4.74 Å². The Kier molecular flexibility index (Phi) is 5.62. The van der Waals surface area contributed by atoms with Crippen LogP contribution in [0.5, 0.6) is 5.75 Å². The molecule has 0 aliphatic carbocycles. The van der Waals surface area contributed by atoms with E-state index in [0.29, 0.717) is 6.61 Å². The van der Waals surface area contributed by atoms with E-state index in [2.05, 4.69) is 22.7 Å². The number of ether oxygens (including phenoxy) is 1. The fourth-order valence-electron chi connectivity index (χ4n) is 2.31. The first-order valence-corrected chi connectivity index (χ1v) is 8.01. The van der Waals surface area contributed by atoms with Gasteiger partial charge in [0.1, 0.15) is 5.75 Å². The highest BCUT2D eigenvalue weighted by atomic mass is 16.5. The Balaban J connectivity index is 1.52. The molecule has 0 spiro atoms. The lowest BCUT2D eigenvalue weighted by molar-refractivity contribution is 0.322. The van der Waals surface area contributed by atoms with Crippen LogP contribution in [-0.4, -0.2) is 12.8 Å². The number of hydrogen-bond acceptors (Lipinski definition) is 3. The predicted octanol–water partition coefficient (Wildman–Crippen LogP) is 4.75. The maximum absolute atomic E-state index is 5.83. The van der Waals surface area contributed by atoms with Gasteiger partial charge in [0, 0.05) is 6.42 Å². The molecule has 0 saturated heterocycles. The third-order valence-electron chi connectivity index (χ3n) is 3.54. The van der Waals surface area contributed by atoms with Gasteiger partial charge in [0.25, 0.3) is 0 Å². The monoisotopic (exact) mass is 316 g/mol. The minimum Gasteiger partial charge on any atom is -0.493 e. The van der Waals surface area contributed by atoms with Crippen LogP contribution in [0.4, 0.5) is 5.69 Å². The topological polar surface area (TPSA) is 33.6 Å². The maximum atomic E-state index is 5.83. The average molecular weight is 316 g/mol. The minimum atomic E-state index is 0.660. The Labute approximate surface area is 142 Å². The number of para-hydroxylation sites is 1. The lowest BCUT2D eigenvalue weighted by Crippen LogP contribution is -2.01. The molecule has 24 heavy (non-hydrogen) atoms. The van der Waals surface area contributed by atoms with Crippen LogP contribution in [0.1, 0.15) is 11.1 Å². The molecule has 3 aromatic carbocycles. The second kappa shape index (κ2) is 8.53. The quantitative estimate of drug-likeness (QED) is 0.504. The normalized spacial score (nSPS) is 10.7. The summed E-state index contributed by atoms with van der Waals surface area (Å²) in [5.74, 6) is 0.856. The van der Waals surface area contributed by atoms with E-state index in [1.54, 1.807) is 6.21 Å². The van der Waals surface area contributed by atoms with Crippen molar-refractivity contribution in [3.63, 3.8) is 0 Å². The summed E-state index contributed by atoms with van der Waals surface area (Å²) in [6.07, 6.45) is 2.69. The molecule has 1 N–H and O–H groups in total. The molecule has 0 bridgehead atoms. The van der Waals surface area contributed by atoms with Crippen molar-refractivity contribution in [3.8, 4) is 5.75 Å². The molecular formula is C21H20N2O. The highest BCUT2D eigenvalue weighted by Crippen LogP contribution is 2.13. The first kappa shape index (κ1) is 15.8. The zero-order chi connectivity index (χ0) is 16.5. The van der Waals surface area contributed by atoms with Crippen LogP contribution in [0.15, 0.2) is 90.0 Å². The number of rotatable bonds is 7. The summed E-state index contributed by atoms with van der Waals surface area (Å²) in [6.45, 7) is 0.660. The summed E-state index contributed by atoms with van der Waals surface area (Å²) in [7, 11) is 0. The lowest BCUT2D eigenvalue weighted by Gasteiger charge is -2.07. The van der Waals surface area contributed by atoms with Crippen LogP contribution in [-0.2, 0) is 6.42 Å². The molecule has 0 aromatic heterocycles. The summed E-state index contributed by atoms with van der Waals surface area (Å²) < 4.78 is 5.83. The Morgan fingerprint density at radius 1 is 0.833 bits per heavy atom. The molecule has 0 fully saturated rings. The van der Waals surface area contributed by atoms with Crippen molar-refractivity contribution >= 4 is 11.9 Å². The zero-order valence-corrected chi connectivity index (χ0v) is 13.4. The molecule has 3 rings (SSSR count). The number of nitrogens with one attached hydrogen (secondary N) is 1. The second-order valence-electron chi connectivity index (χ2n) is 5.39. The summed E-state index contributed by atoms with van der Waals surface area (Å²) in [4.78, 5) is 0. The number of hydrogen-bond donors (Lipinski definition) is 1. The van der Waals surface area contributed by atoms with Gasteiger partial charge in [-0.25, -0.2) is 0 Å². The van der Waals surface area contributed by atoms with Gasteiger partial charge in [-0.05, 0) is 35.4 Å². The zero-order valence-electron chi connectivity index (χ0n) is 13.4. The largest absolute Gasteiger partial charge is 0.493 e. The van der Waals surface area contributed by atoms with E-state index < -0.39 is 0 Å². The molecule has 0 amide bonds. The van der Waals surface area contributed by atoms with Gasteiger partial charge in [-0.3, -0.25) is 5.43 Å². The molecule has 120 valence electrons. The van der Waals surface area contributed by atoms with E-state index in [4.69, 9.17) is 4.74 Å². The van der Waals surface area contributed by atoms with Gasteiger partial charge in [0.15, 0.2) is 0 Å². The van der Waals surface area contributed by atoms with Gasteiger partial charge >= 0.3 is 0 Å². The van der Waals surface area contributed by atoms with E-state index in [0.717, 1.165) is 23.4 Å². The molecule has 0 aliphatic heterocycles. The Hall–Kier alpha value is -3.07. The van der Waals surface area contributed by atoms with Gasteiger partial charge in [-0.15, -0.1) is 0 Å². The van der Waals surface area contributed by atoms with Crippen LogP contribution in [0.25, 0.3) is 0 Å². The van der Waals surface area contributed by atoms with E-state index >= 15 is 0 Å². The van der Waals surface area contributed by atoms with E-state index in [9.17, 15) is 0 Å². The SMILES string of the molecule is C(=NNc1ccccc1)c1cccc(OCCc2ccccc2)c1. The highest BCUT2D eigenvalue weighted by molar-refractivity contribution is 5.80. The number of nitrogens with zero attached hydrogens (tertiary/aromatic N) is 1. The lowest BCUT2D eigenvalue weighted by atomic mass is 10.2. The van der Waals surface area contributed by atoms with Crippen molar-refractivity contribution in [1.82, 2.24) is 0 Å². The van der Waals surface area contributed by atoms with Gasteiger partial charge in [0.05, 0.1) is 18.5 Å². The van der Waals surface area contributed by atoms with Crippen molar-refractivity contribution in [2.75, 3.05) is 12.0 Å². The fraction of sp³-hybridized carbons (Fsp3) is 0.0952. The van der Waals surface area contributed by atoms with Crippen molar-refractivity contribution in [2.24, 2.45) is 5.10 Å². The molecule has 3 aromatic rings. The molecule has 0 atom stereocenters. The van der Waals surface area contributed by atoms with E-state index in [1.165, 1.54) is 5.56 Å². The predicted molar refractivity (Wildman–Crippen MR) is 99.7 cm³/mol. The van der Waals surface area contributed by atoms with Gasteiger partial charge in [-0.1, -0.05) is 60.7 Å². The van der Waals surface area contributed by atoms with Crippen LogP contribution in [0.3, 0.4) is 0 Å². The van der Waals surface area contributed by atoms with Crippen molar-refractivity contribution in [3.05, 3.63) is 96.1 Å². The smallest absolute Gasteiger partial charge is 0.119 e. The average Bonchev–Trinajstić information content (AvgIpc) is 2.64. The molecule has 0 radical (unpaired) electrons. The third-order valence-corrected chi connectivity index (χ3v) is 3.54. The molecule has 0 aliphatic rings. The summed E-state index contributed by atoms with van der Waals surface area (Å²) in [5, 5.41) is 4.25. The Morgan fingerprint density at radius 3 is 2.38 bits per heavy atom. The number of hydrazone groups is 1. The van der Waals surface area contributed by atoms with Crippen LogP contribution in [0.2, 0.25) is 0 Å². The van der Waals surface area contributed by atoms with Crippen LogP contribution < -0.4 is 10.2 Å². The van der Waals surface area contributed by atoms with Gasteiger partial charge < -0.3 is 4.74 Å². The number of anilines is 1. The van der Waals surface area contributed by atoms with E-state index in [1.807, 2.05) is 72.8 Å². The molecular weight excluding hydrogens is 296 g/mol. The first-order valence-electron chi connectivity index (χ1n) is 8.01. The first-order chi connectivity index (χ1) is 11.9. The third kappa shape index (κ3) is 4.99. The minimum absolute atomic E-state index is 0.660. The maximum Gasteiger partial charge on any atom is 0.119 e. The highest BCUT2D eigenvalue weighted by Gasteiger charge is 1.97. The second-order valence-corrected chi connectivity index (χ2v) is 5.39. The summed E-state index contributed by atoms with van der Waals surface area (Å²) >= 11 is 0. The molecule has 3 heteroatoms.